The molecule has 0 fully saturated rings. The lowest BCUT2D eigenvalue weighted by Gasteiger charge is -2.28. The number of hydrogen-bond acceptors (Lipinski definition) is 3. The summed E-state index contributed by atoms with van der Waals surface area (Å²) in [6.07, 6.45) is 0. The van der Waals surface area contributed by atoms with Gasteiger partial charge < -0.3 is 9.15 Å². The summed E-state index contributed by atoms with van der Waals surface area (Å²) in [4.78, 5) is 14.4. The summed E-state index contributed by atoms with van der Waals surface area (Å²) >= 11 is 0. The molecule has 0 saturated carbocycles. The molecule has 4 rings (SSSR count). The van der Waals surface area contributed by atoms with E-state index in [0.29, 0.717) is 24.7 Å². The van der Waals surface area contributed by atoms with Crippen molar-refractivity contribution in [2.24, 2.45) is 0 Å². The first-order valence-electron chi connectivity index (χ1n) is 7.62. The van der Waals surface area contributed by atoms with Crippen molar-refractivity contribution < 1.29 is 18.3 Å². The van der Waals surface area contributed by atoms with Gasteiger partial charge in [-0.25, -0.2) is 4.39 Å². The van der Waals surface area contributed by atoms with Crippen molar-refractivity contribution in [2.75, 3.05) is 18.1 Å². The van der Waals surface area contributed by atoms with E-state index in [1.807, 2.05) is 24.3 Å². The highest BCUT2D eigenvalue weighted by atomic mass is 19.1. The topological polar surface area (TPSA) is 42.7 Å². The molecule has 0 N–H and O–H groups in total. The molecule has 24 heavy (non-hydrogen) atoms. The zero-order valence-electron chi connectivity index (χ0n) is 12.7. The summed E-state index contributed by atoms with van der Waals surface area (Å²) in [6, 6.07) is 16.7. The molecule has 0 aliphatic carbocycles. The number of halogens is 1. The van der Waals surface area contributed by atoms with E-state index in [1.165, 1.54) is 12.1 Å². The van der Waals surface area contributed by atoms with Crippen molar-refractivity contribution in [3.05, 3.63) is 72.2 Å². The molecule has 2 heterocycles. The third-order valence-corrected chi connectivity index (χ3v) is 3.92. The van der Waals surface area contributed by atoms with Crippen molar-refractivity contribution in [1.82, 2.24) is 0 Å². The Balaban J connectivity index is 1.63. The zero-order chi connectivity index (χ0) is 16.5. The Bertz CT molecular complexity index is 886. The number of carbonyl (C=O) groups excluding carboxylic acids is 1. The Morgan fingerprint density at radius 3 is 2.62 bits per heavy atom. The van der Waals surface area contributed by atoms with E-state index >= 15 is 0 Å². The fraction of sp³-hybridized carbons (Fsp3) is 0.105. The molecule has 1 aliphatic heterocycles. The van der Waals surface area contributed by atoms with Gasteiger partial charge in [-0.2, -0.15) is 0 Å². The first-order valence-corrected chi connectivity index (χ1v) is 7.62. The van der Waals surface area contributed by atoms with E-state index in [-0.39, 0.29) is 17.5 Å². The summed E-state index contributed by atoms with van der Waals surface area (Å²) < 4.78 is 24.3. The molecule has 0 saturated heterocycles. The number of rotatable bonds is 2. The maximum absolute atomic E-state index is 13.0. The van der Waals surface area contributed by atoms with Crippen LogP contribution in [0.25, 0.3) is 11.3 Å². The number of fused-ring (bicyclic) bond motifs is 1. The minimum atomic E-state index is -0.313. The number of benzene rings is 2. The highest BCUT2D eigenvalue weighted by Gasteiger charge is 2.26. The van der Waals surface area contributed by atoms with Crippen LogP contribution < -0.4 is 9.64 Å². The number of hydrogen-bond donors (Lipinski definition) is 0. The first-order chi connectivity index (χ1) is 11.7. The second-order valence-corrected chi connectivity index (χ2v) is 5.44. The molecule has 0 radical (unpaired) electrons. The van der Waals surface area contributed by atoms with Crippen LogP contribution in [0.15, 0.2) is 65.1 Å². The van der Waals surface area contributed by atoms with Crippen molar-refractivity contribution in [2.45, 2.75) is 0 Å². The minimum Gasteiger partial charge on any atom is -0.490 e. The molecule has 0 unspecified atom stereocenters. The zero-order valence-corrected chi connectivity index (χ0v) is 12.7. The SMILES string of the molecule is O=C(c1ccc(-c2ccc(F)cc2)o1)N1CCOc2ccccc21. The van der Waals surface area contributed by atoms with Crippen LogP contribution in [0.5, 0.6) is 5.75 Å². The highest BCUT2D eigenvalue weighted by Crippen LogP contribution is 2.32. The van der Waals surface area contributed by atoms with Gasteiger partial charge in [0.2, 0.25) is 0 Å². The van der Waals surface area contributed by atoms with Crippen LogP contribution in [-0.4, -0.2) is 19.1 Å². The van der Waals surface area contributed by atoms with Crippen molar-refractivity contribution in [3.63, 3.8) is 0 Å². The van der Waals surface area contributed by atoms with Crippen LogP contribution in [0.2, 0.25) is 0 Å². The van der Waals surface area contributed by atoms with E-state index in [0.717, 1.165) is 11.3 Å². The van der Waals surface area contributed by atoms with Crippen LogP contribution in [-0.2, 0) is 0 Å². The molecular weight excluding hydrogens is 309 g/mol. The lowest BCUT2D eigenvalue weighted by atomic mass is 10.2. The van der Waals surface area contributed by atoms with Gasteiger partial charge >= 0.3 is 0 Å². The summed E-state index contributed by atoms with van der Waals surface area (Å²) in [5, 5.41) is 0. The fourth-order valence-electron chi connectivity index (χ4n) is 2.74. The van der Waals surface area contributed by atoms with E-state index < -0.39 is 0 Å². The maximum atomic E-state index is 13.0. The van der Waals surface area contributed by atoms with Crippen molar-refractivity contribution >= 4 is 11.6 Å². The van der Waals surface area contributed by atoms with Crippen LogP contribution in [0.1, 0.15) is 10.6 Å². The van der Waals surface area contributed by atoms with E-state index in [1.54, 1.807) is 29.2 Å². The number of para-hydroxylation sites is 2. The molecule has 120 valence electrons. The molecular formula is C19H14FNO3. The molecule has 1 amide bonds. The third kappa shape index (κ3) is 2.54. The van der Waals surface area contributed by atoms with Crippen LogP contribution >= 0.6 is 0 Å². The van der Waals surface area contributed by atoms with Gasteiger partial charge in [0.25, 0.3) is 5.91 Å². The monoisotopic (exact) mass is 323 g/mol. The summed E-state index contributed by atoms with van der Waals surface area (Å²) in [5.41, 5.74) is 1.45. The van der Waals surface area contributed by atoms with Gasteiger partial charge in [0.05, 0.1) is 12.2 Å². The van der Waals surface area contributed by atoms with Gasteiger partial charge in [0, 0.05) is 5.56 Å². The van der Waals surface area contributed by atoms with Gasteiger partial charge in [-0.05, 0) is 48.5 Å². The summed E-state index contributed by atoms with van der Waals surface area (Å²) in [5.74, 6) is 0.916. The van der Waals surface area contributed by atoms with E-state index in [9.17, 15) is 9.18 Å². The predicted molar refractivity (Wildman–Crippen MR) is 87.7 cm³/mol. The fourth-order valence-corrected chi connectivity index (χ4v) is 2.74. The maximum Gasteiger partial charge on any atom is 0.294 e. The number of anilines is 1. The predicted octanol–water partition coefficient (Wildman–Crippen LogP) is 4.12. The van der Waals surface area contributed by atoms with Crippen LogP contribution in [0.4, 0.5) is 10.1 Å². The third-order valence-electron chi connectivity index (χ3n) is 3.92. The lowest BCUT2D eigenvalue weighted by Crippen LogP contribution is -2.37. The number of amides is 1. The molecule has 1 aliphatic rings. The lowest BCUT2D eigenvalue weighted by molar-refractivity contribution is 0.0950. The molecule has 5 heteroatoms. The normalized spacial score (nSPS) is 13.3. The molecule has 1 aromatic heterocycles. The second-order valence-electron chi connectivity index (χ2n) is 5.44. The Morgan fingerprint density at radius 1 is 1.00 bits per heavy atom. The molecule has 0 atom stereocenters. The van der Waals surface area contributed by atoms with Crippen LogP contribution in [0.3, 0.4) is 0 Å². The smallest absolute Gasteiger partial charge is 0.294 e. The summed E-state index contributed by atoms with van der Waals surface area (Å²) in [6.45, 7) is 0.900. The Hall–Kier alpha value is -3.08. The largest absolute Gasteiger partial charge is 0.490 e. The number of ether oxygens (including phenoxy) is 1. The molecule has 4 nitrogen and oxygen atoms in total. The van der Waals surface area contributed by atoms with Gasteiger partial charge in [-0.1, -0.05) is 12.1 Å². The standard InChI is InChI=1S/C19H14FNO3/c20-14-7-5-13(6-8-14)16-9-10-18(24-16)19(22)21-11-12-23-17-4-2-1-3-15(17)21/h1-10H,11-12H2. The van der Waals surface area contributed by atoms with Gasteiger partial charge in [-0.3, -0.25) is 9.69 Å². The van der Waals surface area contributed by atoms with E-state index in [4.69, 9.17) is 9.15 Å². The van der Waals surface area contributed by atoms with Crippen LogP contribution in [0, 0.1) is 5.82 Å². The second kappa shape index (κ2) is 5.85. The first kappa shape index (κ1) is 14.5. The number of carbonyl (C=O) groups is 1. The van der Waals surface area contributed by atoms with Gasteiger partial charge in [-0.15, -0.1) is 0 Å². The summed E-state index contributed by atoms with van der Waals surface area (Å²) in [7, 11) is 0. The van der Waals surface area contributed by atoms with E-state index in [2.05, 4.69) is 0 Å². The minimum absolute atomic E-state index is 0.223. The molecule has 0 spiro atoms. The van der Waals surface area contributed by atoms with Crippen molar-refractivity contribution in [3.8, 4) is 17.1 Å². The number of nitrogens with zero attached hydrogens (tertiary/aromatic N) is 1. The number of furan rings is 1. The average molecular weight is 323 g/mol. The van der Waals surface area contributed by atoms with Gasteiger partial charge in [0.15, 0.2) is 5.76 Å². The molecule has 2 aromatic carbocycles. The molecule has 0 bridgehead atoms. The molecule has 3 aromatic rings. The van der Waals surface area contributed by atoms with Crippen molar-refractivity contribution in [1.29, 1.82) is 0 Å². The van der Waals surface area contributed by atoms with Gasteiger partial charge in [0.1, 0.15) is 23.9 Å². The highest BCUT2D eigenvalue weighted by molar-refractivity contribution is 6.05. The Morgan fingerprint density at radius 2 is 1.79 bits per heavy atom. The average Bonchev–Trinajstić information content (AvgIpc) is 3.11. The quantitative estimate of drug-likeness (QED) is 0.712. The Kier molecular flexibility index (Phi) is 3.54. The Labute approximate surface area is 138 Å².